The summed E-state index contributed by atoms with van der Waals surface area (Å²) < 4.78 is 58.4. The van der Waals surface area contributed by atoms with E-state index in [0.29, 0.717) is 17.6 Å². The van der Waals surface area contributed by atoms with E-state index in [-0.39, 0.29) is 28.6 Å². The van der Waals surface area contributed by atoms with E-state index >= 15 is 0 Å². The van der Waals surface area contributed by atoms with Crippen molar-refractivity contribution in [3.8, 4) is 5.95 Å². The van der Waals surface area contributed by atoms with Crippen LogP contribution in [0.5, 0.6) is 0 Å². The Hall–Kier alpha value is -3.74. The van der Waals surface area contributed by atoms with Crippen molar-refractivity contribution < 1.29 is 17.6 Å². The minimum atomic E-state index is -4.68. The summed E-state index contributed by atoms with van der Waals surface area (Å²) in [6.07, 6.45) is 0.211. The number of alkyl halides is 3. The molecule has 0 saturated carbocycles. The summed E-state index contributed by atoms with van der Waals surface area (Å²) in [5, 5.41) is 5.91. The molecule has 0 spiro atoms. The number of anilines is 2. The molecule has 5 rings (SSSR count). The number of benzene rings is 1. The molecule has 1 aromatic carbocycles. The van der Waals surface area contributed by atoms with Crippen LogP contribution < -0.4 is 16.2 Å². The van der Waals surface area contributed by atoms with Gasteiger partial charge in [0.25, 0.3) is 5.56 Å². The van der Waals surface area contributed by atoms with E-state index in [4.69, 9.17) is 0 Å². The van der Waals surface area contributed by atoms with Gasteiger partial charge in [-0.1, -0.05) is 0 Å². The molecule has 0 radical (unpaired) electrons. The standard InChI is InChI=1S/C23H24F4N8O/c1-22(2,3)33-7-6-29-21(33)35-18-15(19(36)34(35)12-23(25,26)27)11-30-20(32-18)31-17-9-14-10-28-5-4-13(14)8-16(17)24/h6-9,11,28H,4-5,10,12H2,1-3H3,(H,30,31,32). The molecule has 0 aliphatic carbocycles. The number of fused-ring (bicyclic) bond motifs is 2. The lowest BCUT2D eigenvalue weighted by Crippen LogP contribution is -2.33. The van der Waals surface area contributed by atoms with Crippen molar-refractivity contribution >= 4 is 22.7 Å². The van der Waals surface area contributed by atoms with Crippen LogP contribution in [0.15, 0.2) is 35.5 Å². The summed E-state index contributed by atoms with van der Waals surface area (Å²) in [7, 11) is 0. The predicted octanol–water partition coefficient (Wildman–Crippen LogP) is 3.62. The van der Waals surface area contributed by atoms with Gasteiger partial charge in [0.2, 0.25) is 11.9 Å². The first kappa shape index (κ1) is 24.0. The normalized spacial score (nSPS) is 14.3. The van der Waals surface area contributed by atoms with Gasteiger partial charge in [0.15, 0.2) is 5.65 Å². The van der Waals surface area contributed by atoms with Crippen molar-refractivity contribution in [2.24, 2.45) is 0 Å². The fourth-order valence-corrected chi connectivity index (χ4v) is 4.30. The number of hydrogen-bond acceptors (Lipinski definition) is 6. The van der Waals surface area contributed by atoms with Gasteiger partial charge in [0.1, 0.15) is 17.7 Å². The summed E-state index contributed by atoms with van der Waals surface area (Å²) >= 11 is 0. The summed E-state index contributed by atoms with van der Waals surface area (Å²) in [5.41, 5.74) is 0.390. The Morgan fingerprint density at radius 1 is 1.14 bits per heavy atom. The molecule has 3 aromatic heterocycles. The quantitative estimate of drug-likeness (QED) is 0.413. The topological polar surface area (TPSA) is 94.6 Å². The zero-order valence-electron chi connectivity index (χ0n) is 19.8. The Morgan fingerprint density at radius 3 is 2.64 bits per heavy atom. The number of aromatic nitrogens is 6. The molecule has 0 amide bonds. The highest BCUT2D eigenvalue weighted by Crippen LogP contribution is 2.27. The van der Waals surface area contributed by atoms with Crippen LogP contribution in [0.2, 0.25) is 0 Å². The van der Waals surface area contributed by atoms with E-state index < -0.39 is 29.6 Å². The van der Waals surface area contributed by atoms with Gasteiger partial charge in [0.05, 0.1) is 5.69 Å². The molecule has 0 unspecified atom stereocenters. The second-order valence-electron chi connectivity index (χ2n) is 9.64. The maximum Gasteiger partial charge on any atom is 0.408 e. The first-order chi connectivity index (χ1) is 16.9. The summed E-state index contributed by atoms with van der Waals surface area (Å²) in [4.78, 5) is 25.7. The van der Waals surface area contributed by atoms with Crippen LogP contribution in [-0.2, 0) is 25.0 Å². The molecule has 2 N–H and O–H groups in total. The molecular formula is C23H24F4N8O. The lowest BCUT2D eigenvalue weighted by atomic mass is 10.00. The summed E-state index contributed by atoms with van der Waals surface area (Å²) in [6.45, 7) is 5.35. The van der Waals surface area contributed by atoms with Crippen LogP contribution >= 0.6 is 0 Å². The highest BCUT2D eigenvalue weighted by Gasteiger charge is 2.33. The molecule has 4 aromatic rings. The van der Waals surface area contributed by atoms with Gasteiger partial charge in [-0.25, -0.2) is 19.0 Å². The Kier molecular flexibility index (Phi) is 5.62. The van der Waals surface area contributed by atoms with Crippen molar-refractivity contribution in [2.45, 2.75) is 52.0 Å². The second kappa shape index (κ2) is 8.43. The maximum absolute atomic E-state index is 14.8. The highest BCUT2D eigenvalue weighted by atomic mass is 19.4. The maximum atomic E-state index is 14.8. The lowest BCUT2D eigenvalue weighted by molar-refractivity contribution is -0.144. The lowest BCUT2D eigenvalue weighted by Gasteiger charge is -2.24. The Labute approximate surface area is 202 Å². The van der Waals surface area contributed by atoms with Gasteiger partial charge < -0.3 is 15.2 Å². The minimum absolute atomic E-state index is 0.0723. The first-order valence-electron chi connectivity index (χ1n) is 11.3. The molecule has 1 aliphatic heterocycles. The van der Waals surface area contributed by atoms with Crippen molar-refractivity contribution in [1.29, 1.82) is 0 Å². The molecule has 0 saturated heterocycles. The molecule has 13 heteroatoms. The van der Waals surface area contributed by atoms with E-state index in [0.717, 1.165) is 28.6 Å². The molecule has 0 fully saturated rings. The predicted molar refractivity (Wildman–Crippen MR) is 125 cm³/mol. The van der Waals surface area contributed by atoms with Crippen LogP contribution in [0.25, 0.3) is 17.0 Å². The van der Waals surface area contributed by atoms with E-state index in [1.807, 2.05) is 20.8 Å². The number of imidazole rings is 1. The minimum Gasteiger partial charge on any atom is -0.322 e. The molecule has 0 atom stereocenters. The number of nitrogens with zero attached hydrogens (tertiary/aromatic N) is 6. The monoisotopic (exact) mass is 504 g/mol. The Morgan fingerprint density at radius 2 is 1.92 bits per heavy atom. The third-order valence-electron chi connectivity index (χ3n) is 5.96. The molecule has 190 valence electrons. The SMILES string of the molecule is CC(C)(C)n1ccnc1-n1c2nc(Nc3cc4c(cc3F)CCNC4)ncc2c(=O)n1CC(F)(F)F. The van der Waals surface area contributed by atoms with Gasteiger partial charge in [-0.3, -0.25) is 4.79 Å². The van der Waals surface area contributed by atoms with Gasteiger partial charge in [0, 0.05) is 30.7 Å². The van der Waals surface area contributed by atoms with Gasteiger partial charge in [-0.15, -0.1) is 0 Å². The highest BCUT2D eigenvalue weighted by molar-refractivity contribution is 5.77. The van der Waals surface area contributed by atoms with Crippen LogP contribution in [0.3, 0.4) is 0 Å². The zero-order chi connectivity index (χ0) is 25.8. The largest absolute Gasteiger partial charge is 0.408 e. The molecular weight excluding hydrogens is 480 g/mol. The summed E-state index contributed by atoms with van der Waals surface area (Å²) in [5.74, 6) is -0.499. The Balaban J connectivity index is 1.67. The average molecular weight is 504 g/mol. The third kappa shape index (κ3) is 4.34. The van der Waals surface area contributed by atoms with Crippen molar-refractivity contribution in [1.82, 2.24) is 34.2 Å². The van der Waals surface area contributed by atoms with Crippen LogP contribution in [-0.4, -0.2) is 41.6 Å². The van der Waals surface area contributed by atoms with E-state index in [1.54, 1.807) is 16.8 Å². The van der Waals surface area contributed by atoms with Crippen molar-refractivity contribution in [2.75, 3.05) is 11.9 Å². The summed E-state index contributed by atoms with van der Waals surface area (Å²) in [6, 6.07) is 3.10. The fraction of sp³-hybridized carbons (Fsp3) is 0.391. The first-order valence-corrected chi connectivity index (χ1v) is 11.3. The zero-order valence-corrected chi connectivity index (χ0v) is 19.8. The van der Waals surface area contributed by atoms with Crippen LogP contribution in [0, 0.1) is 5.82 Å². The van der Waals surface area contributed by atoms with Crippen LogP contribution in [0.4, 0.5) is 29.2 Å². The van der Waals surface area contributed by atoms with Gasteiger partial charge in [-0.2, -0.15) is 22.8 Å². The van der Waals surface area contributed by atoms with Crippen LogP contribution in [0.1, 0.15) is 31.9 Å². The van der Waals surface area contributed by atoms with Gasteiger partial charge in [-0.05, 0) is 57.0 Å². The number of nitrogens with one attached hydrogen (secondary N) is 2. The number of rotatable bonds is 4. The van der Waals surface area contributed by atoms with Crippen molar-refractivity contribution in [3.63, 3.8) is 0 Å². The average Bonchev–Trinajstić information content (AvgIpc) is 3.37. The molecule has 9 nitrogen and oxygen atoms in total. The molecule has 0 bridgehead atoms. The molecule has 36 heavy (non-hydrogen) atoms. The molecule has 4 heterocycles. The molecule has 1 aliphatic rings. The third-order valence-corrected chi connectivity index (χ3v) is 5.96. The van der Waals surface area contributed by atoms with E-state index in [1.165, 1.54) is 12.3 Å². The fourth-order valence-electron chi connectivity index (χ4n) is 4.30. The van der Waals surface area contributed by atoms with Gasteiger partial charge >= 0.3 is 6.18 Å². The number of hydrogen-bond donors (Lipinski definition) is 2. The van der Waals surface area contributed by atoms with E-state index in [9.17, 15) is 22.4 Å². The van der Waals surface area contributed by atoms with Crippen molar-refractivity contribution in [3.05, 3.63) is 58.0 Å². The smallest absolute Gasteiger partial charge is 0.322 e. The second-order valence-corrected chi connectivity index (χ2v) is 9.64. The Bertz CT molecular complexity index is 1510. The number of halogens is 4. The van der Waals surface area contributed by atoms with E-state index in [2.05, 4.69) is 25.6 Å².